The van der Waals surface area contributed by atoms with Gasteiger partial charge in [-0.3, -0.25) is 14.9 Å². The van der Waals surface area contributed by atoms with Gasteiger partial charge >= 0.3 is 0 Å². The van der Waals surface area contributed by atoms with Crippen LogP contribution in [0.5, 0.6) is 0 Å². The van der Waals surface area contributed by atoms with E-state index in [9.17, 15) is 9.59 Å². The lowest BCUT2D eigenvalue weighted by Gasteiger charge is -2.34. The van der Waals surface area contributed by atoms with E-state index in [0.29, 0.717) is 24.1 Å². The minimum absolute atomic E-state index is 0.0523. The van der Waals surface area contributed by atoms with Crippen molar-refractivity contribution in [2.45, 2.75) is 32.7 Å². The van der Waals surface area contributed by atoms with Gasteiger partial charge in [-0.25, -0.2) is 15.0 Å². The number of rotatable bonds is 5. The first-order valence-corrected chi connectivity index (χ1v) is 10.5. The Bertz CT molecular complexity index is 1100. The normalized spacial score (nSPS) is 17.6. The minimum atomic E-state index is 0.0523. The van der Waals surface area contributed by atoms with E-state index in [0.717, 1.165) is 36.4 Å². The van der Waals surface area contributed by atoms with Crippen molar-refractivity contribution >= 4 is 40.7 Å². The van der Waals surface area contributed by atoms with Gasteiger partial charge in [0, 0.05) is 38.3 Å². The van der Waals surface area contributed by atoms with Crippen LogP contribution in [0.3, 0.4) is 0 Å². The molecule has 2 N–H and O–H groups in total. The predicted octanol–water partition coefficient (Wildman–Crippen LogP) is 2.87. The molecule has 9 nitrogen and oxygen atoms in total. The Hall–Kier alpha value is -3.49. The number of carbonyl (C=O) groups is 2. The molecule has 0 aromatic carbocycles. The lowest BCUT2D eigenvalue weighted by molar-refractivity contribution is -0.105. The molecular weight excluding hydrogens is 394 g/mol. The van der Waals surface area contributed by atoms with Crippen LogP contribution in [0.15, 0.2) is 30.6 Å². The van der Waals surface area contributed by atoms with E-state index in [4.69, 9.17) is 0 Å². The van der Waals surface area contributed by atoms with Gasteiger partial charge in [0.1, 0.15) is 5.69 Å². The summed E-state index contributed by atoms with van der Waals surface area (Å²) in [6.45, 7) is 6.20. The fourth-order valence-corrected chi connectivity index (χ4v) is 3.94. The maximum Gasteiger partial charge on any atom is 0.229 e. The monoisotopic (exact) mass is 421 g/mol. The first-order valence-electron chi connectivity index (χ1n) is 10.5. The molecular formula is C22H27N7O2. The zero-order chi connectivity index (χ0) is 22.0. The Kier molecular flexibility index (Phi) is 5.83. The highest BCUT2D eigenvalue weighted by molar-refractivity contribution is 5.97. The Labute approximate surface area is 180 Å². The number of hydrogen-bond donors (Lipinski definition) is 2. The molecule has 3 aromatic rings. The van der Waals surface area contributed by atoms with Gasteiger partial charge in [0.2, 0.25) is 12.4 Å². The quantitative estimate of drug-likeness (QED) is 0.482. The summed E-state index contributed by atoms with van der Waals surface area (Å²) in [5, 5.41) is 2.37. The number of carbonyl (C=O) groups excluding carboxylic acids is 2. The van der Waals surface area contributed by atoms with Crippen molar-refractivity contribution in [1.82, 2.24) is 19.9 Å². The predicted molar refractivity (Wildman–Crippen MR) is 121 cm³/mol. The summed E-state index contributed by atoms with van der Waals surface area (Å²) >= 11 is 0. The molecule has 9 heteroatoms. The molecule has 2 unspecified atom stereocenters. The van der Waals surface area contributed by atoms with Crippen LogP contribution in [0.1, 0.15) is 37.2 Å². The summed E-state index contributed by atoms with van der Waals surface area (Å²) in [6, 6.07) is 6.32. The van der Waals surface area contributed by atoms with Crippen molar-refractivity contribution in [3.05, 3.63) is 36.3 Å². The molecule has 0 spiro atoms. The average Bonchev–Trinajstić information content (AvgIpc) is 3.45. The summed E-state index contributed by atoms with van der Waals surface area (Å²) in [5.74, 6) is 1.50. The second-order valence-electron chi connectivity index (χ2n) is 7.94. The fraction of sp³-hybridized carbons (Fsp3) is 0.409. The second-order valence-corrected chi connectivity index (χ2v) is 7.94. The zero-order valence-electron chi connectivity index (χ0n) is 18.0. The van der Waals surface area contributed by atoms with Gasteiger partial charge in [0.15, 0.2) is 11.6 Å². The van der Waals surface area contributed by atoms with Crippen molar-refractivity contribution in [3.63, 3.8) is 0 Å². The molecule has 162 valence electrons. The lowest BCUT2D eigenvalue weighted by Crippen LogP contribution is -2.40. The summed E-state index contributed by atoms with van der Waals surface area (Å²) in [5.41, 5.74) is 3.43. The van der Waals surface area contributed by atoms with Gasteiger partial charge in [-0.05, 0) is 31.0 Å². The number of anilines is 3. The number of H-pyrrole nitrogens is 1. The third-order valence-corrected chi connectivity index (χ3v) is 6.04. The van der Waals surface area contributed by atoms with Crippen molar-refractivity contribution in [3.8, 4) is 0 Å². The molecule has 0 aliphatic carbocycles. The third-order valence-electron chi connectivity index (χ3n) is 6.04. The van der Waals surface area contributed by atoms with Crippen LogP contribution in [-0.4, -0.2) is 58.3 Å². The minimum Gasteiger partial charge on any atom is -0.366 e. The Morgan fingerprint density at radius 2 is 2.19 bits per heavy atom. The summed E-state index contributed by atoms with van der Waals surface area (Å²) in [4.78, 5) is 42.4. The van der Waals surface area contributed by atoms with Gasteiger partial charge in [-0.1, -0.05) is 13.8 Å². The van der Waals surface area contributed by atoms with Crippen LogP contribution in [0, 0.1) is 5.92 Å². The smallest absolute Gasteiger partial charge is 0.229 e. The fourth-order valence-electron chi connectivity index (χ4n) is 3.94. The van der Waals surface area contributed by atoms with Crippen LogP contribution in [-0.2, 0) is 4.79 Å². The molecule has 0 saturated carbocycles. The first kappa shape index (κ1) is 20.8. The van der Waals surface area contributed by atoms with Gasteiger partial charge in [0.25, 0.3) is 0 Å². The second kappa shape index (κ2) is 8.71. The lowest BCUT2D eigenvalue weighted by atomic mass is 10.0. The van der Waals surface area contributed by atoms with Gasteiger partial charge < -0.3 is 14.8 Å². The standard InChI is InChI=1S/C15H21N3O.C7H6N4O/c1-4-10(2)14(19)12-5-6-13-15(16-12)17(3)11-7-8-18(13)9-11;12-4-10-7-9-3-6-5(11-7)1-2-8-6/h5-6,10-11H,4,7-9H2,1-3H3;1-4,8H,(H,9,10,11,12). The van der Waals surface area contributed by atoms with Crippen molar-refractivity contribution in [1.29, 1.82) is 0 Å². The number of Topliss-reactive ketones (excluding diaryl/α,β-unsaturated/α-hetero) is 1. The molecule has 2 aliphatic rings. The molecule has 1 amide bonds. The number of nitrogens with zero attached hydrogens (tertiary/aromatic N) is 5. The van der Waals surface area contributed by atoms with E-state index in [2.05, 4.69) is 48.2 Å². The number of ketones is 1. The SMILES string of the molecule is CCC(C)C(=O)c1ccc2c(n1)N(C)C1CCN2C1.O=CNc1ncc2[nH]ccc2n1. The van der Waals surface area contributed by atoms with Crippen molar-refractivity contribution < 1.29 is 9.59 Å². The van der Waals surface area contributed by atoms with Gasteiger partial charge in [-0.2, -0.15) is 0 Å². The molecule has 2 atom stereocenters. The van der Waals surface area contributed by atoms with Crippen molar-refractivity contribution in [2.75, 3.05) is 35.3 Å². The maximum atomic E-state index is 12.3. The summed E-state index contributed by atoms with van der Waals surface area (Å²) in [6.07, 6.45) is 5.98. The topological polar surface area (TPSA) is 107 Å². The number of amides is 1. The first-order chi connectivity index (χ1) is 15.0. The van der Waals surface area contributed by atoms with Crippen LogP contribution < -0.4 is 15.1 Å². The number of hydrogen-bond acceptors (Lipinski definition) is 7. The molecule has 2 aliphatic heterocycles. The highest BCUT2D eigenvalue weighted by Crippen LogP contribution is 2.37. The van der Waals surface area contributed by atoms with E-state index in [-0.39, 0.29) is 11.7 Å². The summed E-state index contributed by atoms with van der Waals surface area (Å²) in [7, 11) is 2.09. The van der Waals surface area contributed by atoms with E-state index in [1.807, 2.05) is 26.0 Å². The number of nitrogens with one attached hydrogen (secondary N) is 2. The largest absolute Gasteiger partial charge is 0.366 e. The molecule has 1 saturated heterocycles. The molecule has 31 heavy (non-hydrogen) atoms. The molecule has 1 fully saturated rings. The molecule has 5 rings (SSSR count). The van der Waals surface area contributed by atoms with Crippen LogP contribution >= 0.6 is 0 Å². The zero-order valence-corrected chi connectivity index (χ0v) is 18.0. The summed E-state index contributed by atoms with van der Waals surface area (Å²) < 4.78 is 0. The third kappa shape index (κ3) is 4.08. The highest BCUT2D eigenvalue weighted by Gasteiger charge is 2.35. The Balaban J connectivity index is 0.000000166. The highest BCUT2D eigenvalue weighted by atomic mass is 16.1. The number of aromatic amines is 1. The molecule has 2 bridgehead atoms. The van der Waals surface area contributed by atoms with Crippen LogP contribution in [0.2, 0.25) is 0 Å². The van der Waals surface area contributed by atoms with E-state index >= 15 is 0 Å². The van der Waals surface area contributed by atoms with E-state index in [1.165, 1.54) is 12.1 Å². The number of fused-ring (bicyclic) bond motifs is 5. The molecule has 5 heterocycles. The average molecular weight is 422 g/mol. The maximum absolute atomic E-state index is 12.3. The van der Waals surface area contributed by atoms with Crippen LogP contribution in [0.25, 0.3) is 11.0 Å². The van der Waals surface area contributed by atoms with Crippen molar-refractivity contribution in [2.24, 2.45) is 5.92 Å². The van der Waals surface area contributed by atoms with Gasteiger partial charge in [0.05, 0.1) is 22.9 Å². The van der Waals surface area contributed by atoms with Gasteiger partial charge in [-0.15, -0.1) is 0 Å². The molecule has 0 radical (unpaired) electrons. The molecule has 3 aromatic heterocycles. The van der Waals surface area contributed by atoms with E-state index in [1.54, 1.807) is 12.4 Å². The van der Waals surface area contributed by atoms with Crippen LogP contribution in [0.4, 0.5) is 17.5 Å². The number of pyridine rings is 1. The van der Waals surface area contributed by atoms with E-state index < -0.39 is 0 Å². The number of aromatic nitrogens is 4. The Morgan fingerprint density at radius 3 is 2.97 bits per heavy atom. The number of likely N-dealkylation sites (N-methyl/N-ethyl adjacent to an activating group) is 1. The Morgan fingerprint density at radius 1 is 1.35 bits per heavy atom.